The van der Waals surface area contributed by atoms with Crippen LogP contribution in [0.2, 0.25) is 0 Å². The molecule has 2 atom stereocenters. The summed E-state index contributed by atoms with van der Waals surface area (Å²) in [7, 11) is 3.36. The third kappa shape index (κ3) is 3.69. The highest BCUT2D eigenvalue weighted by atomic mass is 16.5. The Labute approximate surface area is 127 Å². The van der Waals surface area contributed by atoms with Gasteiger partial charge in [0.15, 0.2) is 11.5 Å². The van der Waals surface area contributed by atoms with Crippen molar-refractivity contribution in [3.05, 3.63) is 23.3 Å². The molecule has 1 aliphatic heterocycles. The van der Waals surface area contributed by atoms with Crippen molar-refractivity contribution in [2.24, 2.45) is 5.92 Å². The summed E-state index contributed by atoms with van der Waals surface area (Å²) < 4.78 is 16.5. The summed E-state index contributed by atoms with van der Waals surface area (Å²) in [6, 6.07) is 4.47. The smallest absolute Gasteiger partial charge is 0.161 e. The van der Waals surface area contributed by atoms with Gasteiger partial charge in [-0.15, -0.1) is 0 Å². The number of rotatable bonds is 6. The maximum atomic E-state index is 5.68. The Morgan fingerprint density at radius 3 is 2.57 bits per heavy atom. The Bertz CT molecular complexity index is 456. The van der Waals surface area contributed by atoms with E-state index in [0.29, 0.717) is 12.0 Å². The van der Waals surface area contributed by atoms with Gasteiger partial charge in [-0.05, 0) is 49.6 Å². The highest BCUT2D eigenvalue weighted by Gasteiger charge is 2.27. The van der Waals surface area contributed by atoms with E-state index in [4.69, 9.17) is 14.2 Å². The van der Waals surface area contributed by atoms with Crippen LogP contribution in [0.4, 0.5) is 0 Å². The third-order valence-corrected chi connectivity index (χ3v) is 4.20. The van der Waals surface area contributed by atoms with Gasteiger partial charge in [-0.25, -0.2) is 0 Å². The average molecular weight is 293 g/mol. The monoisotopic (exact) mass is 293 g/mol. The van der Waals surface area contributed by atoms with Gasteiger partial charge >= 0.3 is 0 Å². The fourth-order valence-electron chi connectivity index (χ4n) is 3.11. The Morgan fingerprint density at radius 1 is 1.29 bits per heavy atom. The summed E-state index contributed by atoms with van der Waals surface area (Å²) >= 11 is 0. The molecule has 4 nitrogen and oxygen atoms in total. The van der Waals surface area contributed by atoms with E-state index in [1.54, 1.807) is 14.2 Å². The molecule has 0 amide bonds. The second-order valence-corrected chi connectivity index (χ2v) is 5.58. The SMILES string of the molecule is CCNC(c1cc(OC)c(OC)cc1C)C1CCCOC1. The van der Waals surface area contributed by atoms with E-state index in [0.717, 1.165) is 37.7 Å². The summed E-state index contributed by atoms with van der Waals surface area (Å²) in [6.45, 7) is 6.93. The quantitative estimate of drug-likeness (QED) is 0.875. The molecule has 1 N–H and O–H groups in total. The van der Waals surface area contributed by atoms with Crippen molar-refractivity contribution < 1.29 is 14.2 Å². The highest BCUT2D eigenvalue weighted by molar-refractivity contribution is 5.48. The molecule has 1 heterocycles. The molecule has 4 heteroatoms. The first-order chi connectivity index (χ1) is 10.2. The fourth-order valence-corrected chi connectivity index (χ4v) is 3.11. The third-order valence-electron chi connectivity index (χ3n) is 4.20. The van der Waals surface area contributed by atoms with Gasteiger partial charge in [0.05, 0.1) is 20.8 Å². The molecule has 0 bridgehead atoms. The molecule has 2 rings (SSSR count). The minimum Gasteiger partial charge on any atom is -0.493 e. The molecule has 0 radical (unpaired) electrons. The van der Waals surface area contributed by atoms with Crippen molar-refractivity contribution in [3.63, 3.8) is 0 Å². The van der Waals surface area contributed by atoms with Crippen molar-refractivity contribution in [1.29, 1.82) is 0 Å². The van der Waals surface area contributed by atoms with Gasteiger partial charge in [0.25, 0.3) is 0 Å². The predicted octanol–water partition coefficient (Wildman–Crippen LogP) is 3.09. The van der Waals surface area contributed by atoms with Crippen LogP contribution in [-0.4, -0.2) is 34.0 Å². The molecular weight excluding hydrogens is 266 g/mol. The summed E-state index contributed by atoms with van der Waals surface area (Å²) in [5, 5.41) is 3.62. The van der Waals surface area contributed by atoms with Gasteiger partial charge in [0.1, 0.15) is 0 Å². The number of aryl methyl sites for hydroxylation is 1. The first-order valence-electron chi connectivity index (χ1n) is 7.74. The van der Waals surface area contributed by atoms with E-state index < -0.39 is 0 Å². The molecule has 1 saturated heterocycles. The molecule has 118 valence electrons. The molecule has 1 aliphatic rings. The molecule has 21 heavy (non-hydrogen) atoms. The highest BCUT2D eigenvalue weighted by Crippen LogP contribution is 2.37. The average Bonchev–Trinajstić information content (AvgIpc) is 2.53. The van der Waals surface area contributed by atoms with E-state index in [1.165, 1.54) is 17.5 Å². The largest absolute Gasteiger partial charge is 0.493 e. The Morgan fingerprint density at radius 2 is 2.00 bits per heavy atom. The predicted molar refractivity (Wildman–Crippen MR) is 84.2 cm³/mol. The number of nitrogens with one attached hydrogen (secondary N) is 1. The number of benzene rings is 1. The van der Waals surface area contributed by atoms with Crippen LogP contribution in [0.15, 0.2) is 12.1 Å². The zero-order valence-electron chi connectivity index (χ0n) is 13.6. The zero-order valence-corrected chi connectivity index (χ0v) is 13.6. The molecular formula is C17H27NO3. The van der Waals surface area contributed by atoms with Gasteiger partial charge < -0.3 is 19.5 Å². The molecule has 1 fully saturated rings. The number of methoxy groups -OCH3 is 2. The van der Waals surface area contributed by atoms with Gasteiger partial charge in [-0.2, -0.15) is 0 Å². The summed E-state index contributed by atoms with van der Waals surface area (Å²) in [6.07, 6.45) is 2.34. The van der Waals surface area contributed by atoms with E-state index >= 15 is 0 Å². The van der Waals surface area contributed by atoms with Crippen molar-refractivity contribution in [2.75, 3.05) is 34.0 Å². The van der Waals surface area contributed by atoms with E-state index in [1.807, 2.05) is 0 Å². The van der Waals surface area contributed by atoms with Crippen LogP contribution in [0, 0.1) is 12.8 Å². The van der Waals surface area contributed by atoms with Crippen molar-refractivity contribution in [3.8, 4) is 11.5 Å². The lowest BCUT2D eigenvalue weighted by molar-refractivity contribution is 0.0391. The van der Waals surface area contributed by atoms with Gasteiger partial charge in [-0.3, -0.25) is 0 Å². The van der Waals surface area contributed by atoms with Crippen LogP contribution in [0.25, 0.3) is 0 Å². The molecule has 2 unspecified atom stereocenters. The van der Waals surface area contributed by atoms with Crippen molar-refractivity contribution in [2.45, 2.75) is 32.7 Å². The van der Waals surface area contributed by atoms with Gasteiger partial charge in [0.2, 0.25) is 0 Å². The second-order valence-electron chi connectivity index (χ2n) is 5.58. The Balaban J connectivity index is 2.34. The minimum absolute atomic E-state index is 0.301. The van der Waals surface area contributed by atoms with E-state index in [9.17, 15) is 0 Å². The zero-order chi connectivity index (χ0) is 15.2. The number of hydrogen-bond donors (Lipinski definition) is 1. The van der Waals surface area contributed by atoms with E-state index in [-0.39, 0.29) is 0 Å². The molecule has 0 saturated carbocycles. The fraction of sp³-hybridized carbons (Fsp3) is 0.647. The lowest BCUT2D eigenvalue weighted by Crippen LogP contribution is -2.33. The second kappa shape index (κ2) is 7.66. The molecule has 0 aliphatic carbocycles. The maximum Gasteiger partial charge on any atom is 0.161 e. The minimum atomic E-state index is 0.301. The first-order valence-corrected chi connectivity index (χ1v) is 7.74. The number of ether oxygens (including phenoxy) is 3. The normalized spacial score (nSPS) is 20.1. The maximum absolute atomic E-state index is 5.68. The Hall–Kier alpha value is -1.26. The van der Waals surface area contributed by atoms with Crippen LogP contribution >= 0.6 is 0 Å². The summed E-state index contributed by atoms with van der Waals surface area (Å²) in [5.41, 5.74) is 2.51. The van der Waals surface area contributed by atoms with Crippen LogP contribution < -0.4 is 14.8 Å². The topological polar surface area (TPSA) is 39.7 Å². The van der Waals surface area contributed by atoms with Crippen LogP contribution in [0.3, 0.4) is 0 Å². The molecule has 1 aromatic carbocycles. The standard InChI is InChI=1S/C17H27NO3/c1-5-18-17(13-7-6-8-21-11-13)14-10-16(20-4)15(19-3)9-12(14)2/h9-10,13,17-18H,5-8,11H2,1-4H3. The Kier molecular flexibility index (Phi) is 5.88. The van der Waals surface area contributed by atoms with Crippen LogP contribution in [0.5, 0.6) is 11.5 Å². The lowest BCUT2D eigenvalue weighted by atomic mass is 9.86. The van der Waals surface area contributed by atoms with E-state index in [2.05, 4.69) is 31.3 Å². The van der Waals surface area contributed by atoms with Crippen LogP contribution in [-0.2, 0) is 4.74 Å². The van der Waals surface area contributed by atoms with Crippen molar-refractivity contribution in [1.82, 2.24) is 5.32 Å². The molecule has 0 spiro atoms. The molecule has 0 aromatic heterocycles. The number of hydrogen-bond acceptors (Lipinski definition) is 4. The summed E-state index contributed by atoms with van der Waals surface area (Å²) in [4.78, 5) is 0. The van der Waals surface area contributed by atoms with Gasteiger partial charge in [0, 0.05) is 18.6 Å². The van der Waals surface area contributed by atoms with Crippen LogP contribution in [0.1, 0.15) is 36.9 Å². The summed E-state index contributed by atoms with van der Waals surface area (Å²) in [5.74, 6) is 2.09. The van der Waals surface area contributed by atoms with Gasteiger partial charge in [-0.1, -0.05) is 6.92 Å². The molecule has 1 aromatic rings. The first kappa shape index (κ1) is 16.1. The van der Waals surface area contributed by atoms with Crippen molar-refractivity contribution >= 4 is 0 Å². The lowest BCUT2D eigenvalue weighted by Gasteiger charge is -2.32.